The number of alkyl carbamates (subject to hydrolysis) is 1. The van der Waals surface area contributed by atoms with Crippen molar-refractivity contribution in [2.45, 2.75) is 246 Å². The molecule has 2 fully saturated rings. The lowest BCUT2D eigenvalue weighted by Gasteiger charge is -2.47. The molecule has 82 heavy (non-hydrogen) atoms. The number of methoxy groups -OCH3 is 2. The second-order valence-corrected chi connectivity index (χ2v) is 25.1. The molecule has 468 valence electrons. The van der Waals surface area contributed by atoms with Crippen LogP contribution in [0.5, 0.6) is 0 Å². The number of cyclic esters (lactones) is 1. The second-order valence-electron chi connectivity index (χ2n) is 25.1. The number of allylic oxidation sites excluding steroid dienone is 4. The van der Waals surface area contributed by atoms with Crippen molar-refractivity contribution in [1.82, 2.24) is 15.5 Å². The van der Waals surface area contributed by atoms with Crippen molar-refractivity contribution in [1.29, 1.82) is 0 Å². The van der Waals surface area contributed by atoms with Gasteiger partial charge in [-0.15, -0.1) is 0 Å². The summed E-state index contributed by atoms with van der Waals surface area (Å²) < 4.78 is 47.6. The number of epoxide rings is 1. The minimum atomic E-state index is -1.76. The van der Waals surface area contributed by atoms with Crippen LogP contribution in [0.25, 0.3) is 0 Å². The van der Waals surface area contributed by atoms with Gasteiger partial charge in [0.2, 0.25) is 11.8 Å². The highest BCUT2D eigenvalue weighted by atomic mass is 16.7. The van der Waals surface area contributed by atoms with Crippen LogP contribution >= 0.6 is 0 Å². The Bertz CT molecular complexity index is 2220. The summed E-state index contributed by atoms with van der Waals surface area (Å²) in [6.45, 7) is 25.0. The number of hydrogen-bond acceptors (Lipinski definition) is 16. The summed E-state index contributed by atoms with van der Waals surface area (Å²) in [6.07, 6.45) is 9.57. The summed E-state index contributed by atoms with van der Waals surface area (Å²) in [4.78, 5) is 81.0. The number of amides is 3. The lowest BCUT2D eigenvalue weighted by molar-refractivity contribution is -0.180. The zero-order valence-electron chi connectivity index (χ0n) is 52.6. The smallest absolute Gasteiger partial charge is 0.410 e. The Morgan fingerprint density at radius 1 is 0.927 bits per heavy atom. The van der Waals surface area contributed by atoms with Crippen molar-refractivity contribution < 1.29 is 76.9 Å². The number of carbonyl (C=O) groups is 6. The average Bonchev–Trinajstić information content (AvgIpc) is 3.33. The molecule has 4 N–H and O–H groups in total. The highest BCUT2D eigenvalue weighted by molar-refractivity contribution is 5.84. The number of likely N-dealkylation sites (N-methyl/N-ethyl adjacent to an activating group) is 1. The first-order valence-corrected chi connectivity index (χ1v) is 30.5. The molecule has 4 rings (SSSR count). The van der Waals surface area contributed by atoms with E-state index >= 15 is 0 Å². The van der Waals surface area contributed by atoms with E-state index in [0.717, 1.165) is 62.7 Å². The summed E-state index contributed by atoms with van der Waals surface area (Å²) in [7, 11) is 4.54. The molecule has 19 nitrogen and oxygen atoms in total. The predicted octanol–water partition coefficient (Wildman–Crippen LogP) is 9.20. The number of ether oxygens (including phenoxy) is 8. The standard InChI is InChI=1S/C63H105N3O16/c1-17-39(4)33-47-34-48(43(8)52(35-47)76-16)42(7)49(67)36-53(62(13)56(81-62)44(9)61(12)37-63(74,46(11)75-15)65-60(73)82-61)80-59(72)45(10)66(14)55(69)29-31-78-57(70)40(5)27-28-41(6)58(71)79-51-25-21-19-18-20-24-50(51)77-32-30-64-54(68)26-22-23-38(2)3/h21,25,35,38-42,44-46,48-51,53,56,67,74H,17-20,22-24,26-34,36-37H2,1-16H3,(H,64,68)(H,65,73)/b25-21+/t39?,40?,41?,42?,44-,45-,46?,48?,49?,50?,51?,53-,56-,61-,62-,63?/m0/s1. The van der Waals surface area contributed by atoms with Crippen LogP contribution in [0.1, 0.15) is 186 Å². The maximum absolute atomic E-state index is 14.3. The van der Waals surface area contributed by atoms with E-state index in [1.807, 2.05) is 32.9 Å². The molecular weight excluding hydrogens is 1050 g/mol. The van der Waals surface area contributed by atoms with Gasteiger partial charge in [0.15, 0.2) is 5.72 Å². The van der Waals surface area contributed by atoms with E-state index in [4.69, 9.17) is 37.9 Å². The largest absolute Gasteiger partial charge is 0.497 e. The highest BCUT2D eigenvalue weighted by Crippen LogP contribution is 2.52. The molecule has 2 saturated heterocycles. The number of esters is 3. The van der Waals surface area contributed by atoms with Crippen LogP contribution in [-0.2, 0) is 61.9 Å². The monoisotopic (exact) mass is 1160 g/mol. The normalized spacial score (nSPS) is 28.4. The molecule has 0 aromatic heterocycles. The SMILES string of the molecule is CCC(C)CC1=CC(OC)=C(C)C(C(C)C(O)C[C@H](OC(=O)[C@H](C)N(C)C(=O)CCOC(=O)C(C)CCC(C)C(=O)OC2/C=C/CCCCC2OCCNC(=O)CCCC(C)C)[C@]2(C)O[C@H]2[C@H](C)[C@]2(C)CC(O)(C(C)OC)NC(=O)O2)C1. The molecule has 19 heteroatoms. The molecule has 3 amide bonds. The van der Waals surface area contributed by atoms with Gasteiger partial charge in [0, 0.05) is 45.9 Å². The molecule has 0 saturated carbocycles. The molecule has 2 heterocycles. The molecule has 16 atom stereocenters. The molecule has 0 aromatic rings. The van der Waals surface area contributed by atoms with Gasteiger partial charge < -0.3 is 58.3 Å². The first-order valence-electron chi connectivity index (χ1n) is 30.5. The van der Waals surface area contributed by atoms with Gasteiger partial charge in [-0.3, -0.25) is 24.5 Å². The van der Waals surface area contributed by atoms with Gasteiger partial charge in [0.25, 0.3) is 0 Å². The molecule has 0 aromatic carbocycles. The molecule has 0 bridgehead atoms. The minimum Gasteiger partial charge on any atom is -0.497 e. The van der Waals surface area contributed by atoms with Crippen LogP contribution < -0.4 is 10.6 Å². The minimum absolute atomic E-state index is 0.00287. The highest BCUT2D eigenvalue weighted by Gasteiger charge is 2.67. The maximum Gasteiger partial charge on any atom is 0.410 e. The van der Waals surface area contributed by atoms with Crippen molar-refractivity contribution in [3.8, 4) is 0 Å². The quantitative estimate of drug-likeness (QED) is 0.0157. The molecule has 0 spiro atoms. The van der Waals surface area contributed by atoms with E-state index < -0.39 is 101 Å². The van der Waals surface area contributed by atoms with E-state index in [0.29, 0.717) is 50.7 Å². The third kappa shape index (κ3) is 19.8. The van der Waals surface area contributed by atoms with Crippen LogP contribution in [0, 0.1) is 41.4 Å². The van der Waals surface area contributed by atoms with Crippen LogP contribution in [0.15, 0.2) is 35.1 Å². The fraction of sp³-hybridized carbons (Fsp3) is 0.810. The summed E-state index contributed by atoms with van der Waals surface area (Å²) in [5.41, 5.74) is -1.96. The third-order valence-corrected chi connectivity index (χ3v) is 18.2. The van der Waals surface area contributed by atoms with E-state index in [1.54, 1.807) is 41.7 Å². The number of aliphatic hydroxyl groups is 2. The van der Waals surface area contributed by atoms with Gasteiger partial charge in [-0.05, 0) is 127 Å². The number of nitrogens with zero attached hydrogens (tertiary/aromatic N) is 1. The molecule has 4 aliphatic rings. The Balaban J connectivity index is 1.36. The summed E-state index contributed by atoms with van der Waals surface area (Å²) in [6, 6.07) is -1.11. The predicted molar refractivity (Wildman–Crippen MR) is 310 cm³/mol. The topological polar surface area (TPSA) is 247 Å². The average molecular weight is 1160 g/mol. The fourth-order valence-electron chi connectivity index (χ4n) is 11.5. The van der Waals surface area contributed by atoms with Gasteiger partial charge in [-0.25, -0.2) is 9.59 Å². The summed E-state index contributed by atoms with van der Waals surface area (Å²) in [5.74, 6) is -2.46. The first-order chi connectivity index (χ1) is 38.5. The Labute approximate surface area is 490 Å². The van der Waals surface area contributed by atoms with E-state index in [1.165, 1.54) is 31.6 Å². The summed E-state index contributed by atoms with van der Waals surface area (Å²) in [5, 5.41) is 29.2. The Morgan fingerprint density at radius 3 is 2.26 bits per heavy atom. The van der Waals surface area contributed by atoms with Gasteiger partial charge >= 0.3 is 24.0 Å². The van der Waals surface area contributed by atoms with E-state index in [-0.39, 0.29) is 49.7 Å². The number of rotatable bonds is 33. The van der Waals surface area contributed by atoms with Gasteiger partial charge in [0.1, 0.15) is 47.9 Å². The Kier molecular flexibility index (Phi) is 27.4. The van der Waals surface area contributed by atoms with Crippen LogP contribution in [0.2, 0.25) is 0 Å². The Morgan fingerprint density at radius 2 is 1.61 bits per heavy atom. The van der Waals surface area contributed by atoms with Crippen molar-refractivity contribution in [3.63, 3.8) is 0 Å². The van der Waals surface area contributed by atoms with Crippen molar-refractivity contribution >= 4 is 35.8 Å². The summed E-state index contributed by atoms with van der Waals surface area (Å²) >= 11 is 0. The van der Waals surface area contributed by atoms with E-state index in [9.17, 15) is 39.0 Å². The van der Waals surface area contributed by atoms with Crippen LogP contribution in [0.3, 0.4) is 0 Å². The van der Waals surface area contributed by atoms with Crippen molar-refractivity contribution in [2.24, 2.45) is 41.4 Å². The molecule has 0 radical (unpaired) electrons. The zero-order chi connectivity index (χ0) is 61.3. The maximum atomic E-state index is 14.3. The molecule has 2 aliphatic carbocycles. The van der Waals surface area contributed by atoms with Gasteiger partial charge in [-0.2, -0.15) is 0 Å². The molecule has 10 unspecified atom stereocenters. The van der Waals surface area contributed by atoms with Crippen molar-refractivity contribution in [2.75, 3.05) is 41.0 Å². The lowest BCUT2D eigenvalue weighted by Crippen LogP contribution is -2.67. The lowest BCUT2D eigenvalue weighted by atomic mass is 9.73. The van der Waals surface area contributed by atoms with Gasteiger partial charge in [0.05, 0.1) is 50.3 Å². The molecular formula is C63H105N3O16. The molecule has 2 aliphatic heterocycles. The van der Waals surface area contributed by atoms with Crippen LogP contribution in [-0.4, -0.2) is 152 Å². The first kappa shape index (κ1) is 69.9. The number of aliphatic hydroxyl groups excluding tert-OH is 1. The van der Waals surface area contributed by atoms with Crippen LogP contribution in [0.4, 0.5) is 4.79 Å². The van der Waals surface area contributed by atoms with E-state index in [2.05, 4.69) is 44.4 Å². The second kappa shape index (κ2) is 32.1. The Hall–Kier alpha value is -4.56. The van der Waals surface area contributed by atoms with Crippen molar-refractivity contribution in [3.05, 3.63) is 35.1 Å². The number of carbonyl (C=O) groups excluding carboxylic acids is 6. The zero-order valence-corrected chi connectivity index (χ0v) is 52.6. The third-order valence-electron chi connectivity index (χ3n) is 18.2. The fourth-order valence-corrected chi connectivity index (χ4v) is 11.5. The van der Waals surface area contributed by atoms with Gasteiger partial charge in [-0.1, -0.05) is 86.3 Å². The number of nitrogens with one attached hydrogen (secondary N) is 2. The number of hydrogen-bond donors (Lipinski definition) is 4.